The van der Waals surface area contributed by atoms with Crippen LogP contribution < -0.4 is 5.69 Å². The first-order chi connectivity index (χ1) is 14.4. The molecule has 2 aromatic rings. The summed E-state index contributed by atoms with van der Waals surface area (Å²) in [6.07, 6.45) is 6.32. The number of halogens is 1. The second-order valence-corrected chi connectivity index (χ2v) is 10.2. The van der Waals surface area contributed by atoms with Crippen molar-refractivity contribution in [1.82, 2.24) is 19.4 Å². The molecule has 1 saturated heterocycles. The SMILES string of the molecule is O=C(O[C@H]1C2CC3CC1C[C@](O)(C3)C2)N1CC[C@@H](n2c(=O)[nH]c3cc(Cl)cnc32)C1. The Morgan fingerprint density at radius 2 is 2.07 bits per heavy atom. The van der Waals surface area contributed by atoms with E-state index in [0.717, 1.165) is 32.1 Å². The lowest BCUT2D eigenvalue weighted by atomic mass is 9.53. The van der Waals surface area contributed by atoms with Crippen LogP contribution in [-0.2, 0) is 4.74 Å². The summed E-state index contributed by atoms with van der Waals surface area (Å²) in [4.78, 5) is 34.2. The van der Waals surface area contributed by atoms with Gasteiger partial charge < -0.3 is 19.7 Å². The third-order valence-corrected chi connectivity index (χ3v) is 7.91. The van der Waals surface area contributed by atoms with Gasteiger partial charge in [0.05, 0.1) is 22.2 Å². The van der Waals surface area contributed by atoms with E-state index in [-0.39, 0.29) is 35.8 Å². The van der Waals surface area contributed by atoms with Crippen molar-refractivity contribution < 1.29 is 14.6 Å². The molecule has 7 rings (SSSR count). The van der Waals surface area contributed by atoms with E-state index in [0.29, 0.717) is 41.6 Å². The second-order valence-electron chi connectivity index (χ2n) is 9.76. The molecule has 1 aliphatic heterocycles. The van der Waals surface area contributed by atoms with Crippen molar-refractivity contribution in [1.29, 1.82) is 0 Å². The van der Waals surface area contributed by atoms with Crippen LogP contribution in [0.1, 0.15) is 44.6 Å². The van der Waals surface area contributed by atoms with E-state index in [9.17, 15) is 14.7 Å². The van der Waals surface area contributed by atoms with Crippen molar-refractivity contribution in [3.05, 3.63) is 27.8 Å². The molecule has 160 valence electrons. The molecule has 2 N–H and O–H groups in total. The van der Waals surface area contributed by atoms with Gasteiger partial charge in [0, 0.05) is 19.3 Å². The summed E-state index contributed by atoms with van der Waals surface area (Å²) in [7, 11) is 0. The van der Waals surface area contributed by atoms with Crippen molar-refractivity contribution in [2.24, 2.45) is 17.8 Å². The molecule has 2 aromatic heterocycles. The number of rotatable bonds is 2. The Bertz CT molecular complexity index is 1060. The summed E-state index contributed by atoms with van der Waals surface area (Å²) in [6, 6.07) is 1.54. The number of nitrogens with zero attached hydrogens (tertiary/aromatic N) is 3. The number of pyridine rings is 1. The van der Waals surface area contributed by atoms with Gasteiger partial charge >= 0.3 is 11.8 Å². The Kier molecular flexibility index (Phi) is 4.03. The molecule has 3 atom stereocenters. The Balaban J connectivity index is 1.17. The third kappa shape index (κ3) is 2.87. The van der Waals surface area contributed by atoms with Crippen molar-refractivity contribution in [3.8, 4) is 0 Å². The predicted molar refractivity (Wildman–Crippen MR) is 109 cm³/mol. The van der Waals surface area contributed by atoms with E-state index < -0.39 is 5.60 Å². The highest BCUT2D eigenvalue weighted by atomic mass is 35.5. The van der Waals surface area contributed by atoms with E-state index in [4.69, 9.17) is 16.3 Å². The molecule has 0 aromatic carbocycles. The van der Waals surface area contributed by atoms with Crippen LogP contribution in [-0.4, -0.2) is 55.4 Å². The Hall–Kier alpha value is -2.06. The fourth-order valence-electron chi connectivity index (χ4n) is 6.76. The fourth-order valence-corrected chi connectivity index (χ4v) is 6.92. The van der Waals surface area contributed by atoms with Crippen LogP contribution in [0.25, 0.3) is 11.2 Å². The average molecular weight is 433 g/mol. The molecule has 3 heterocycles. The lowest BCUT2D eigenvalue weighted by Gasteiger charge is -2.57. The number of amides is 1. The highest BCUT2D eigenvalue weighted by molar-refractivity contribution is 6.31. The van der Waals surface area contributed by atoms with Gasteiger partial charge in [-0.1, -0.05) is 11.6 Å². The number of hydrogen-bond donors (Lipinski definition) is 2. The van der Waals surface area contributed by atoms with E-state index in [2.05, 4.69) is 9.97 Å². The molecule has 2 unspecified atom stereocenters. The standard InChI is InChI=1S/C21H25ClN4O4/c22-14-5-16-18(23-9-14)26(19(27)24-16)15-1-2-25(10-15)20(28)30-17-12-3-11-4-13(17)8-21(29,6-11)7-12/h5,9,11-13,15,17,29H,1-4,6-8,10H2,(H,24,27)/t11?,12?,13?,15-,17-,21-/m1/s1. The first kappa shape index (κ1) is 18.7. The maximum absolute atomic E-state index is 12.9. The minimum absolute atomic E-state index is 0.0898. The van der Waals surface area contributed by atoms with Crippen LogP contribution >= 0.6 is 11.6 Å². The van der Waals surface area contributed by atoms with Crippen LogP contribution in [0.5, 0.6) is 0 Å². The summed E-state index contributed by atoms with van der Waals surface area (Å²) < 4.78 is 7.63. The molecule has 9 heteroatoms. The highest BCUT2D eigenvalue weighted by Crippen LogP contribution is 2.56. The van der Waals surface area contributed by atoms with E-state index in [1.807, 2.05) is 0 Å². The molecule has 5 fully saturated rings. The maximum Gasteiger partial charge on any atom is 0.410 e. The van der Waals surface area contributed by atoms with Crippen molar-refractivity contribution in [2.75, 3.05) is 13.1 Å². The van der Waals surface area contributed by atoms with Gasteiger partial charge in [-0.3, -0.25) is 4.57 Å². The maximum atomic E-state index is 12.9. The first-order valence-corrected chi connectivity index (χ1v) is 11.2. The smallest absolute Gasteiger partial charge is 0.410 e. The number of hydrogen-bond acceptors (Lipinski definition) is 5. The number of aromatic amines is 1. The molecule has 8 nitrogen and oxygen atoms in total. The van der Waals surface area contributed by atoms with Gasteiger partial charge in [-0.15, -0.1) is 0 Å². The second kappa shape index (κ2) is 6.47. The topological polar surface area (TPSA) is 100 Å². The fraction of sp³-hybridized carbons (Fsp3) is 0.667. The Morgan fingerprint density at radius 1 is 1.30 bits per heavy atom. The summed E-state index contributed by atoms with van der Waals surface area (Å²) in [5.41, 5.74) is 0.373. The van der Waals surface area contributed by atoms with Gasteiger partial charge in [-0.05, 0) is 62.3 Å². The molecule has 1 amide bonds. The molecule has 4 aliphatic carbocycles. The van der Waals surface area contributed by atoms with Crippen LogP contribution in [0.3, 0.4) is 0 Å². The van der Waals surface area contributed by atoms with Crippen LogP contribution in [0.15, 0.2) is 17.1 Å². The highest BCUT2D eigenvalue weighted by Gasteiger charge is 2.56. The average Bonchev–Trinajstić information content (AvgIpc) is 3.26. The van der Waals surface area contributed by atoms with Gasteiger partial charge in [0.1, 0.15) is 6.10 Å². The zero-order valence-electron chi connectivity index (χ0n) is 16.6. The summed E-state index contributed by atoms with van der Waals surface area (Å²) in [5.74, 6) is 1.12. The third-order valence-electron chi connectivity index (χ3n) is 7.70. The molecular weight excluding hydrogens is 408 g/mol. The normalized spacial score (nSPS) is 37.3. The first-order valence-electron chi connectivity index (χ1n) is 10.8. The minimum Gasteiger partial charge on any atom is -0.446 e. The minimum atomic E-state index is -0.537. The number of fused-ring (bicyclic) bond motifs is 1. The van der Waals surface area contributed by atoms with E-state index >= 15 is 0 Å². The number of imidazole rings is 1. The molecule has 30 heavy (non-hydrogen) atoms. The number of carbonyl (C=O) groups is 1. The lowest BCUT2D eigenvalue weighted by molar-refractivity contribution is -0.177. The number of ether oxygens (including phenoxy) is 1. The Morgan fingerprint density at radius 3 is 2.80 bits per heavy atom. The summed E-state index contributed by atoms with van der Waals surface area (Å²) in [5, 5.41) is 11.2. The quantitative estimate of drug-likeness (QED) is 0.759. The van der Waals surface area contributed by atoms with Gasteiger partial charge in [-0.2, -0.15) is 0 Å². The lowest BCUT2D eigenvalue weighted by Crippen LogP contribution is -2.58. The molecule has 4 bridgehead atoms. The number of carbonyl (C=O) groups excluding carboxylic acids is 1. The van der Waals surface area contributed by atoms with Crippen molar-refractivity contribution >= 4 is 28.9 Å². The van der Waals surface area contributed by atoms with Crippen molar-refractivity contribution in [2.45, 2.75) is 56.3 Å². The molecule has 0 radical (unpaired) electrons. The number of aromatic nitrogens is 3. The molecular formula is C21H25ClN4O4. The number of likely N-dealkylation sites (tertiary alicyclic amines) is 1. The Labute approximate surface area is 178 Å². The van der Waals surface area contributed by atoms with Gasteiger partial charge in [0.2, 0.25) is 0 Å². The van der Waals surface area contributed by atoms with Crippen LogP contribution in [0.4, 0.5) is 4.79 Å². The van der Waals surface area contributed by atoms with Crippen LogP contribution in [0, 0.1) is 17.8 Å². The van der Waals surface area contributed by atoms with E-state index in [1.165, 1.54) is 6.20 Å². The summed E-state index contributed by atoms with van der Waals surface area (Å²) in [6.45, 7) is 0.968. The van der Waals surface area contributed by atoms with Gasteiger partial charge in [-0.25, -0.2) is 14.6 Å². The van der Waals surface area contributed by atoms with Gasteiger partial charge in [0.25, 0.3) is 0 Å². The predicted octanol–water partition coefficient (Wildman–Crippen LogP) is 2.70. The van der Waals surface area contributed by atoms with Crippen molar-refractivity contribution in [3.63, 3.8) is 0 Å². The number of H-pyrrole nitrogens is 1. The van der Waals surface area contributed by atoms with Gasteiger partial charge in [0.15, 0.2) is 5.65 Å². The van der Waals surface area contributed by atoms with Crippen LogP contribution in [0.2, 0.25) is 5.02 Å². The molecule has 5 aliphatic rings. The number of nitrogens with one attached hydrogen (secondary N) is 1. The monoisotopic (exact) mass is 432 g/mol. The largest absolute Gasteiger partial charge is 0.446 e. The zero-order chi connectivity index (χ0) is 20.6. The number of aliphatic hydroxyl groups is 1. The molecule has 0 spiro atoms. The molecule has 4 saturated carbocycles. The zero-order valence-corrected chi connectivity index (χ0v) is 17.3. The summed E-state index contributed by atoms with van der Waals surface area (Å²) >= 11 is 5.98. The van der Waals surface area contributed by atoms with E-state index in [1.54, 1.807) is 15.5 Å².